The number of rotatable bonds is 7. The van der Waals surface area contributed by atoms with Crippen LogP contribution in [0.15, 0.2) is 54.6 Å². The van der Waals surface area contributed by atoms with Crippen molar-refractivity contribution in [1.82, 2.24) is 10.6 Å². The quantitative estimate of drug-likeness (QED) is 0.494. The zero-order valence-electron chi connectivity index (χ0n) is 18.5. The molecule has 0 aromatic heterocycles. The van der Waals surface area contributed by atoms with Gasteiger partial charge in [-0.3, -0.25) is 9.59 Å². The Hall–Kier alpha value is -2.71. The fourth-order valence-corrected chi connectivity index (χ4v) is 3.58. The second kappa shape index (κ2) is 13.7. The second-order valence-corrected chi connectivity index (χ2v) is 8.18. The molecule has 0 aliphatic heterocycles. The highest BCUT2D eigenvalue weighted by molar-refractivity contribution is 6.41. The topological polar surface area (TPSA) is 98.7 Å². The first-order chi connectivity index (χ1) is 15.3. The third kappa shape index (κ3) is 9.62. The molecule has 1 fully saturated rings. The lowest BCUT2D eigenvalue weighted by Gasteiger charge is -2.19. The van der Waals surface area contributed by atoms with Crippen LogP contribution in [0.1, 0.15) is 67.4 Å². The van der Waals surface area contributed by atoms with E-state index in [2.05, 4.69) is 17.6 Å². The summed E-state index contributed by atoms with van der Waals surface area (Å²) >= 11 is 0. The molecule has 1 aliphatic carbocycles. The van der Waals surface area contributed by atoms with Gasteiger partial charge in [-0.25, -0.2) is 4.39 Å². The van der Waals surface area contributed by atoms with E-state index in [0.717, 1.165) is 5.92 Å². The summed E-state index contributed by atoms with van der Waals surface area (Å²) in [6, 6.07) is 13.3. The largest absolute Gasteiger partial charge is 0.472 e. The van der Waals surface area contributed by atoms with E-state index in [1.54, 1.807) is 36.4 Å². The van der Waals surface area contributed by atoms with Gasteiger partial charge in [0.2, 0.25) is 5.91 Å². The van der Waals surface area contributed by atoms with Crippen molar-refractivity contribution in [1.29, 1.82) is 0 Å². The third-order valence-electron chi connectivity index (χ3n) is 5.36. The fourth-order valence-electron chi connectivity index (χ4n) is 3.58. The summed E-state index contributed by atoms with van der Waals surface area (Å²) in [5.74, 6) is -0.350. The number of benzene rings is 2. The van der Waals surface area contributed by atoms with Crippen LogP contribution in [0.3, 0.4) is 0 Å². The van der Waals surface area contributed by atoms with E-state index in [9.17, 15) is 14.0 Å². The maximum absolute atomic E-state index is 13.5. The number of halogens is 1. The van der Waals surface area contributed by atoms with E-state index in [0.29, 0.717) is 11.1 Å². The van der Waals surface area contributed by atoms with Gasteiger partial charge in [-0.1, -0.05) is 69.4 Å². The molecule has 3 rings (SSSR count). The number of nitrogens with one attached hydrogen (secondary N) is 2. The molecule has 0 heterocycles. The Morgan fingerprint density at radius 2 is 1.75 bits per heavy atom. The lowest BCUT2D eigenvalue weighted by atomic mass is 9.91. The average molecular weight is 442 g/mol. The molecule has 2 aromatic carbocycles. The molecule has 0 bridgehead atoms. The van der Waals surface area contributed by atoms with Crippen LogP contribution in [-0.4, -0.2) is 35.4 Å². The predicted octanol–water partition coefficient (Wildman–Crippen LogP) is 3.40. The number of carbonyl (C=O) groups is 2. The van der Waals surface area contributed by atoms with Crippen LogP contribution >= 0.6 is 0 Å². The number of hydrogen-bond acceptors (Lipinski definition) is 4. The van der Waals surface area contributed by atoms with Gasteiger partial charge >= 0.3 is 7.12 Å². The molecular weight excluding hydrogens is 410 g/mol. The van der Waals surface area contributed by atoms with Crippen molar-refractivity contribution in [3.05, 3.63) is 71.5 Å². The van der Waals surface area contributed by atoms with Gasteiger partial charge in [0.15, 0.2) is 0 Å². The highest BCUT2D eigenvalue weighted by Gasteiger charge is 2.20. The maximum Gasteiger partial charge on any atom is 0.472 e. The van der Waals surface area contributed by atoms with Crippen LogP contribution in [0.4, 0.5) is 4.39 Å². The van der Waals surface area contributed by atoms with Crippen molar-refractivity contribution in [2.75, 3.05) is 6.44 Å². The Balaban J connectivity index is 0.000000439. The lowest BCUT2D eigenvalue weighted by molar-refractivity contribution is -0.121. The van der Waals surface area contributed by atoms with Gasteiger partial charge in [-0.15, -0.1) is 0 Å². The van der Waals surface area contributed by atoms with E-state index in [4.69, 9.17) is 10.0 Å². The maximum atomic E-state index is 13.5. The minimum Gasteiger partial charge on any atom is -0.426 e. The lowest BCUT2D eigenvalue weighted by Crippen LogP contribution is -2.38. The predicted molar refractivity (Wildman–Crippen MR) is 123 cm³/mol. The molecule has 1 saturated carbocycles. The highest BCUT2D eigenvalue weighted by Crippen LogP contribution is 2.22. The van der Waals surface area contributed by atoms with Crippen molar-refractivity contribution in [2.24, 2.45) is 5.92 Å². The molecule has 0 saturated heterocycles. The smallest absolute Gasteiger partial charge is 0.426 e. The van der Waals surface area contributed by atoms with Crippen molar-refractivity contribution >= 4 is 18.9 Å². The summed E-state index contributed by atoms with van der Waals surface area (Å²) < 4.78 is 13.5. The van der Waals surface area contributed by atoms with Gasteiger partial charge in [-0.2, -0.15) is 0 Å². The molecule has 1 atom stereocenters. The SMILES string of the molecule is CC1CCCCC1.O=C(CC(NC(=O)c1ccccc1)c1cccc(F)c1)NCB(O)O. The summed E-state index contributed by atoms with van der Waals surface area (Å²) in [7, 11) is -1.67. The average Bonchev–Trinajstić information content (AvgIpc) is 2.79. The van der Waals surface area contributed by atoms with Crippen LogP contribution in [0, 0.1) is 11.7 Å². The van der Waals surface area contributed by atoms with E-state index in [-0.39, 0.29) is 12.9 Å². The van der Waals surface area contributed by atoms with Crippen LogP contribution in [-0.2, 0) is 4.79 Å². The van der Waals surface area contributed by atoms with Gasteiger partial charge in [0.05, 0.1) is 18.9 Å². The Morgan fingerprint density at radius 3 is 2.31 bits per heavy atom. The van der Waals surface area contributed by atoms with E-state index in [1.165, 1.54) is 50.3 Å². The summed E-state index contributed by atoms with van der Waals surface area (Å²) in [6.07, 6.45) is 6.93. The first-order valence-electron chi connectivity index (χ1n) is 11.1. The highest BCUT2D eigenvalue weighted by atomic mass is 19.1. The van der Waals surface area contributed by atoms with Crippen molar-refractivity contribution in [3.63, 3.8) is 0 Å². The molecule has 1 unspecified atom stereocenters. The van der Waals surface area contributed by atoms with Crippen LogP contribution in [0.2, 0.25) is 0 Å². The molecule has 32 heavy (non-hydrogen) atoms. The summed E-state index contributed by atoms with van der Waals surface area (Å²) in [5.41, 5.74) is 0.846. The number of hydrogen-bond donors (Lipinski definition) is 4. The van der Waals surface area contributed by atoms with Gasteiger partial charge in [-0.05, 0) is 35.7 Å². The minimum absolute atomic E-state index is 0.172. The molecular formula is C24H32BFN2O4. The molecule has 2 aromatic rings. The Bertz CT molecular complexity index is 845. The minimum atomic E-state index is -1.67. The Morgan fingerprint density at radius 1 is 1.06 bits per heavy atom. The van der Waals surface area contributed by atoms with Gasteiger partial charge in [0.1, 0.15) is 5.82 Å². The molecule has 4 N–H and O–H groups in total. The van der Waals surface area contributed by atoms with Crippen LogP contribution in [0.5, 0.6) is 0 Å². The van der Waals surface area contributed by atoms with Crippen molar-refractivity contribution in [2.45, 2.75) is 51.5 Å². The molecule has 6 nitrogen and oxygen atoms in total. The van der Waals surface area contributed by atoms with Gasteiger partial charge in [0, 0.05) is 5.56 Å². The molecule has 2 amide bonds. The summed E-state index contributed by atoms with van der Waals surface area (Å²) in [5, 5.41) is 22.6. The Kier molecular flexibility index (Phi) is 10.9. The van der Waals surface area contributed by atoms with Gasteiger partial charge in [0.25, 0.3) is 5.91 Å². The molecule has 0 radical (unpaired) electrons. The van der Waals surface area contributed by atoms with E-state index >= 15 is 0 Å². The molecule has 0 spiro atoms. The molecule has 1 aliphatic rings. The third-order valence-corrected chi connectivity index (χ3v) is 5.36. The normalized spacial score (nSPS) is 14.5. The zero-order valence-corrected chi connectivity index (χ0v) is 18.5. The zero-order chi connectivity index (χ0) is 23.3. The van der Waals surface area contributed by atoms with Gasteiger partial charge < -0.3 is 20.7 Å². The summed E-state index contributed by atoms with van der Waals surface area (Å²) in [4.78, 5) is 24.3. The first-order valence-corrected chi connectivity index (χ1v) is 11.1. The van der Waals surface area contributed by atoms with E-state index in [1.807, 2.05) is 0 Å². The molecule has 8 heteroatoms. The van der Waals surface area contributed by atoms with Crippen LogP contribution < -0.4 is 10.6 Å². The second-order valence-electron chi connectivity index (χ2n) is 8.18. The van der Waals surface area contributed by atoms with Crippen molar-refractivity contribution in [3.8, 4) is 0 Å². The number of amides is 2. The number of carbonyl (C=O) groups excluding carboxylic acids is 2. The fraction of sp³-hybridized carbons (Fsp3) is 0.417. The van der Waals surface area contributed by atoms with Crippen molar-refractivity contribution < 1.29 is 24.0 Å². The summed E-state index contributed by atoms with van der Waals surface area (Å²) in [6.45, 7) is 2.36. The standard InChI is InChI=1S/C17H18BFN2O4.C7H14/c19-14-8-4-7-13(9-14)15(10-16(22)20-11-18(24)25)21-17(23)12-5-2-1-3-6-12;1-7-5-3-2-4-6-7/h1-9,15,24-25H,10-11H2,(H,20,22)(H,21,23);7H,2-6H2,1H3. The first kappa shape index (κ1) is 25.6. The Labute approximate surface area is 189 Å². The molecule has 172 valence electrons. The van der Waals surface area contributed by atoms with Crippen LogP contribution in [0.25, 0.3) is 0 Å². The van der Waals surface area contributed by atoms with E-state index < -0.39 is 30.8 Å². The monoisotopic (exact) mass is 442 g/mol.